The normalized spacial score (nSPS) is 14.3. The number of rotatable bonds is 7. The van der Waals surface area contributed by atoms with Crippen molar-refractivity contribution in [2.45, 2.75) is 124 Å². The fraction of sp³-hybridized carbons (Fsp3) is 0.248. The van der Waals surface area contributed by atoms with Gasteiger partial charge in [0.15, 0.2) is 82.0 Å². The fourth-order valence-electron chi connectivity index (χ4n) is 15.3. The molecule has 11 heterocycles. The van der Waals surface area contributed by atoms with E-state index in [0.717, 1.165) is 111 Å². The van der Waals surface area contributed by atoms with E-state index < -0.39 is 46.5 Å². The lowest BCUT2D eigenvalue weighted by Gasteiger charge is -2.32. The van der Waals surface area contributed by atoms with Gasteiger partial charge in [-0.05, 0) is 209 Å². The predicted octanol–water partition coefficient (Wildman–Crippen LogP) is 23.7. The molecule has 19 nitrogen and oxygen atoms in total. The molecule has 0 saturated heterocycles. The van der Waals surface area contributed by atoms with Crippen molar-refractivity contribution in [3.05, 3.63) is 387 Å². The Bertz CT molecular complexity index is 6230. The first-order valence-electron chi connectivity index (χ1n) is 43.5. The molecular weight excluding hydrogens is 1750 g/mol. The van der Waals surface area contributed by atoms with Crippen LogP contribution in [0.1, 0.15) is 118 Å². The topological polar surface area (TPSA) is 152 Å². The minimum absolute atomic E-state index is 0.0401. The summed E-state index contributed by atoms with van der Waals surface area (Å²) in [7, 11) is 0. The third-order valence-electron chi connectivity index (χ3n) is 22.7. The Morgan fingerprint density at radius 2 is 0.607 bits per heavy atom. The van der Waals surface area contributed by atoms with Crippen LogP contribution in [0.4, 0.5) is 88.5 Å². The molecule has 0 aliphatic carbocycles. The average molecular weight is 1850 g/mol. The molecular formula is C105H99F11N12O7. The quantitative estimate of drug-likeness (QED) is 0.139. The first kappa shape index (κ1) is 94.8. The van der Waals surface area contributed by atoms with Crippen LogP contribution in [0, 0.1) is 64.0 Å². The minimum atomic E-state index is -0.904. The van der Waals surface area contributed by atoms with E-state index in [-0.39, 0.29) is 47.2 Å². The molecule has 0 atom stereocenters. The van der Waals surface area contributed by atoms with Crippen molar-refractivity contribution < 1.29 is 81.5 Å². The molecule has 7 aliphatic heterocycles. The summed E-state index contributed by atoms with van der Waals surface area (Å²) >= 11 is 0. The highest BCUT2D eigenvalue weighted by Crippen LogP contribution is 2.40. The van der Waals surface area contributed by atoms with E-state index in [1.165, 1.54) is 82.9 Å². The van der Waals surface area contributed by atoms with Gasteiger partial charge in [0.1, 0.15) is 75.2 Å². The molecule has 7 aliphatic rings. The Hall–Kier alpha value is -14.8. The van der Waals surface area contributed by atoms with E-state index in [2.05, 4.69) is 135 Å². The zero-order valence-corrected chi connectivity index (χ0v) is 75.7. The van der Waals surface area contributed by atoms with Crippen molar-refractivity contribution in [2.75, 3.05) is 81.4 Å². The van der Waals surface area contributed by atoms with E-state index in [9.17, 15) is 48.3 Å². The van der Waals surface area contributed by atoms with Crippen molar-refractivity contribution in [2.24, 2.45) is 0 Å². The van der Waals surface area contributed by atoms with Crippen LogP contribution in [0.25, 0.3) is 0 Å². The molecule has 0 radical (unpaired) electrons. The second-order valence-electron chi connectivity index (χ2n) is 35.6. The summed E-state index contributed by atoms with van der Waals surface area (Å²) in [4.78, 5) is 33.8. The van der Waals surface area contributed by atoms with Crippen molar-refractivity contribution in [1.82, 2.24) is 24.9 Å². The highest BCUT2D eigenvalue weighted by molar-refractivity contribution is 5.57. The van der Waals surface area contributed by atoms with Crippen LogP contribution in [0.5, 0.6) is 40.2 Å². The number of halogens is 11. The van der Waals surface area contributed by atoms with Gasteiger partial charge in [-0.1, -0.05) is 86.6 Å². The van der Waals surface area contributed by atoms with Crippen LogP contribution >= 0.6 is 0 Å². The van der Waals surface area contributed by atoms with Gasteiger partial charge in [-0.2, -0.15) is 0 Å². The number of hydrogen-bond acceptors (Lipinski definition) is 19. The number of pyridine rings is 3. The van der Waals surface area contributed by atoms with E-state index in [1.807, 2.05) is 74.2 Å². The lowest BCUT2D eigenvalue weighted by molar-refractivity contribution is 0.283. The van der Waals surface area contributed by atoms with Crippen LogP contribution in [0.2, 0.25) is 0 Å². The maximum absolute atomic E-state index is 13.9. The molecule has 0 bridgehead atoms. The highest BCUT2D eigenvalue weighted by atomic mass is 19.2. The molecule has 0 N–H and O–H groups in total. The molecule has 4 aromatic heterocycles. The molecule has 0 unspecified atom stereocenters. The maximum Gasteiger partial charge on any atom is 0.228 e. The van der Waals surface area contributed by atoms with Crippen LogP contribution in [-0.2, 0) is 62.1 Å². The van der Waals surface area contributed by atoms with Gasteiger partial charge in [0.25, 0.3) is 0 Å². The molecule has 14 aromatic rings. The van der Waals surface area contributed by atoms with Crippen molar-refractivity contribution in [3.63, 3.8) is 0 Å². The Kier molecular flexibility index (Phi) is 29.5. The van der Waals surface area contributed by atoms with Gasteiger partial charge in [0.2, 0.25) is 5.95 Å². The van der Waals surface area contributed by atoms with Gasteiger partial charge < -0.3 is 67.5 Å². The number of fused-ring (bicyclic) bond motifs is 7. The second-order valence-corrected chi connectivity index (χ2v) is 35.6. The zero-order valence-electron chi connectivity index (χ0n) is 75.7. The third kappa shape index (κ3) is 24.4. The zero-order chi connectivity index (χ0) is 95.2. The lowest BCUT2D eigenvalue weighted by Crippen LogP contribution is -2.33. The Balaban J connectivity index is 0.000000120. The van der Waals surface area contributed by atoms with Crippen LogP contribution < -0.4 is 67.5 Å². The first-order valence-corrected chi connectivity index (χ1v) is 43.5. The van der Waals surface area contributed by atoms with Crippen molar-refractivity contribution in [3.8, 4) is 40.2 Å². The lowest BCUT2D eigenvalue weighted by atomic mass is 9.86. The van der Waals surface area contributed by atoms with Crippen LogP contribution in [0.15, 0.2) is 268 Å². The monoisotopic (exact) mass is 1850 g/mol. The van der Waals surface area contributed by atoms with E-state index in [0.29, 0.717) is 113 Å². The number of aromatic nitrogens is 5. The maximum atomic E-state index is 13.9. The molecule has 21 rings (SSSR count). The molecule has 10 aromatic carbocycles. The number of hydrogen-bond donors (Lipinski definition) is 0. The van der Waals surface area contributed by atoms with E-state index in [1.54, 1.807) is 89.6 Å². The molecule has 0 saturated carbocycles. The Morgan fingerprint density at radius 1 is 0.237 bits per heavy atom. The Morgan fingerprint density at radius 3 is 1.07 bits per heavy atom. The van der Waals surface area contributed by atoms with Crippen molar-refractivity contribution >= 4 is 40.2 Å². The minimum Gasteiger partial charge on any atom is -0.473 e. The smallest absolute Gasteiger partial charge is 0.228 e. The SMILES string of the molecule is CC(C)(C)c1ccc2c(c1)CN(c1ccc(F)c(F)c1)CO2.CC(C)(C)c1ccc2c(c1)CN(c1ccc(F)cc1)CO2.CC(C)(C)c1ccc2c(c1)CN(c1ccc(F)cc1F)CO2.Fc1cc2c(cc1F)OCN(c1ccncc1)C2.Fc1cc2c(cc1F)OCN(c1ncccn1)C2.Fc1ccc2c(c1)CN(c1ccccn1)CO2.Fc1ccc2c(c1)CN(c1cccnc1)CO2. The molecule has 30 heteroatoms. The summed E-state index contributed by atoms with van der Waals surface area (Å²) < 4.78 is 184. The predicted molar refractivity (Wildman–Crippen MR) is 497 cm³/mol. The van der Waals surface area contributed by atoms with E-state index >= 15 is 0 Å². The fourth-order valence-corrected chi connectivity index (χ4v) is 15.3. The third-order valence-corrected chi connectivity index (χ3v) is 22.7. The van der Waals surface area contributed by atoms with E-state index in [4.69, 9.17) is 33.2 Å². The number of ether oxygens (including phenoxy) is 7. The van der Waals surface area contributed by atoms with Gasteiger partial charge in [0, 0.05) is 150 Å². The summed E-state index contributed by atoms with van der Waals surface area (Å²) in [5.41, 5.74) is 14.0. The van der Waals surface area contributed by atoms with Gasteiger partial charge in [-0.15, -0.1) is 0 Å². The molecule has 698 valence electrons. The summed E-state index contributed by atoms with van der Waals surface area (Å²) in [6.45, 7) is 26.1. The Labute approximate surface area is 776 Å². The first-order chi connectivity index (χ1) is 64.7. The second kappa shape index (κ2) is 41.9. The molecule has 135 heavy (non-hydrogen) atoms. The van der Waals surface area contributed by atoms with Crippen molar-refractivity contribution in [1.29, 1.82) is 0 Å². The number of anilines is 7. The van der Waals surface area contributed by atoms with Crippen LogP contribution in [0.3, 0.4) is 0 Å². The number of benzene rings is 10. The molecule has 0 amide bonds. The highest BCUT2D eigenvalue weighted by Gasteiger charge is 2.30. The average Bonchev–Trinajstić information content (AvgIpc) is 0.810. The standard InChI is InChI=1S/2C18H19F2NO.C18H20FNO.C13H10F2N2O.2C13H11FN2O.C12H9F2N3O/c1-18(2,3)13-4-7-17-12(8-13)10-21(11-22-17)16-6-5-14(19)9-15(16)20;1-18(2,3)13-4-7-17-12(8-13)10-21(11-22-17)14-5-6-15(19)16(20)9-14;1-18(2,3)14-4-9-17-13(10-14)11-20(12-21-17)16-7-5-15(19)6-8-16;14-11-5-9-7-17(10-1-3-16-4-2-10)8-18-13(9)6-12(11)15;14-11-3-4-13-10(6-11)8-16(9-17-13)12-2-1-5-15-7-12;14-11-4-5-12-10(7-11)8-16(9-17-12)13-3-1-2-6-15-13;13-9-4-8-6-17(12-15-2-1-3-16-12)7-18-11(8)5-10(9)14/h2*4-9H,10-11H2,1-3H3;4-10H,11-12H2,1-3H3;1-6H,7-8H2;2*1-7H,8-9H2;1-5H,6-7H2. The van der Waals surface area contributed by atoms with Gasteiger partial charge in [-0.25, -0.2) is 63.2 Å². The molecule has 0 fully saturated rings. The molecule has 0 spiro atoms. The summed E-state index contributed by atoms with van der Waals surface area (Å²) in [5, 5.41) is 0. The largest absolute Gasteiger partial charge is 0.473 e. The van der Waals surface area contributed by atoms with Gasteiger partial charge >= 0.3 is 0 Å². The van der Waals surface area contributed by atoms with Crippen LogP contribution in [-0.4, -0.2) is 72.0 Å². The summed E-state index contributed by atoms with van der Waals surface area (Å²) in [6.07, 6.45) is 11.8. The van der Waals surface area contributed by atoms with Gasteiger partial charge in [-0.3, -0.25) is 9.97 Å². The summed E-state index contributed by atoms with van der Waals surface area (Å²) in [6, 6.07) is 61.4. The van der Waals surface area contributed by atoms with Gasteiger partial charge in [0.05, 0.1) is 30.7 Å². The summed E-state index contributed by atoms with van der Waals surface area (Å²) in [5.74, 6) is -0.813. The number of nitrogens with zero attached hydrogens (tertiary/aromatic N) is 12.